The largest absolute Gasteiger partial charge is 0.508 e. The first-order chi connectivity index (χ1) is 10.7. The number of fused-ring (bicyclic) bond motifs is 1. The van der Waals surface area contributed by atoms with Gasteiger partial charge >= 0.3 is 0 Å². The molecule has 0 fully saturated rings. The second kappa shape index (κ2) is 6.20. The van der Waals surface area contributed by atoms with Gasteiger partial charge in [-0.2, -0.15) is 0 Å². The number of hydrogen-bond acceptors (Lipinski definition) is 3. The monoisotopic (exact) mass is 297 g/mol. The highest BCUT2D eigenvalue weighted by Gasteiger charge is 2.22. The zero-order valence-corrected chi connectivity index (χ0v) is 12.6. The molecule has 0 aliphatic carbocycles. The lowest BCUT2D eigenvalue weighted by Crippen LogP contribution is -2.33. The maximum absolute atomic E-state index is 12.1. The Balaban J connectivity index is 2.02. The molecule has 3 rings (SSSR count). The van der Waals surface area contributed by atoms with Gasteiger partial charge in [0.05, 0.1) is 6.61 Å². The van der Waals surface area contributed by atoms with E-state index in [1.54, 1.807) is 17.0 Å². The zero-order valence-electron chi connectivity index (χ0n) is 12.6. The van der Waals surface area contributed by atoms with Crippen LogP contribution in [0.15, 0.2) is 42.5 Å². The van der Waals surface area contributed by atoms with Gasteiger partial charge in [0.15, 0.2) is 0 Å². The predicted octanol–water partition coefficient (Wildman–Crippen LogP) is 3.33. The standard InChI is InChI=1S/C18H19NO3/c1-2-8-19-17-7-6-14(13-4-3-5-16(20)10-13)9-15(17)11-22-12-18(19)21/h3-7,9-10,20H,2,8,11-12H2,1H3. The highest BCUT2D eigenvalue weighted by Crippen LogP contribution is 2.31. The van der Waals surface area contributed by atoms with Crippen molar-refractivity contribution >= 4 is 11.6 Å². The number of amides is 1. The molecule has 0 spiro atoms. The fourth-order valence-corrected chi connectivity index (χ4v) is 2.76. The summed E-state index contributed by atoms with van der Waals surface area (Å²) in [5.74, 6) is 0.247. The van der Waals surface area contributed by atoms with Gasteiger partial charge in [-0.1, -0.05) is 25.1 Å². The first kappa shape index (κ1) is 14.6. The molecule has 1 aliphatic heterocycles. The molecule has 0 aromatic heterocycles. The van der Waals surface area contributed by atoms with Gasteiger partial charge in [0.1, 0.15) is 12.4 Å². The Kier molecular flexibility index (Phi) is 4.11. The molecule has 1 aliphatic rings. The average molecular weight is 297 g/mol. The Morgan fingerprint density at radius 2 is 1.95 bits per heavy atom. The average Bonchev–Trinajstić information content (AvgIpc) is 2.67. The second-order valence-corrected chi connectivity index (χ2v) is 5.43. The quantitative estimate of drug-likeness (QED) is 0.945. The van der Waals surface area contributed by atoms with Gasteiger partial charge in [0.25, 0.3) is 5.91 Å². The second-order valence-electron chi connectivity index (χ2n) is 5.43. The van der Waals surface area contributed by atoms with Gasteiger partial charge in [-0.25, -0.2) is 0 Å². The van der Waals surface area contributed by atoms with E-state index >= 15 is 0 Å². The summed E-state index contributed by atoms with van der Waals surface area (Å²) in [6.45, 7) is 3.30. The van der Waals surface area contributed by atoms with E-state index in [9.17, 15) is 9.90 Å². The summed E-state index contributed by atoms with van der Waals surface area (Å²) in [5.41, 5.74) is 3.87. The number of nitrogens with zero attached hydrogens (tertiary/aromatic N) is 1. The lowest BCUT2D eigenvalue weighted by atomic mass is 10.0. The lowest BCUT2D eigenvalue weighted by Gasteiger charge is -2.22. The van der Waals surface area contributed by atoms with E-state index in [4.69, 9.17) is 4.74 Å². The van der Waals surface area contributed by atoms with Crippen molar-refractivity contribution in [1.82, 2.24) is 0 Å². The van der Waals surface area contributed by atoms with E-state index in [2.05, 4.69) is 6.92 Å². The minimum Gasteiger partial charge on any atom is -0.508 e. The third kappa shape index (κ3) is 2.83. The van der Waals surface area contributed by atoms with Crippen molar-refractivity contribution in [1.29, 1.82) is 0 Å². The molecular formula is C18H19NO3. The van der Waals surface area contributed by atoms with Crippen LogP contribution >= 0.6 is 0 Å². The number of phenolic OH excluding ortho intramolecular Hbond substituents is 1. The van der Waals surface area contributed by atoms with E-state index in [0.29, 0.717) is 13.2 Å². The molecule has 0 saturated heterocycles. The summed E-state index contributed by atoms with van der Waals surface area (Å²) >= 11 is 0. The molecular weight excluding hydrogens is 278 g/mol. The number of carbonyl (C=O) groups is 1. The van der Waals surface area contributed by atoms with Crippen LogP contribution in [0.4, 0.5) is 5.69 Å². The fourth-order valence-electron chi connectivity index (χ4n) is 2.76. The number of rotatable bonds is 3. The van der Waals surface area contributed by atoms with Crippen molar-refractivity contribution in [2.75, 3.05) is 18.1 Å². The number of ether oxygens (including phenoxy) is 1. The number of hydrogen-bond donors (Lipinski definition) is 1. The van der Waals surface area contributed by atoms with E-state index in [-0.39, 0.29) is 18.3 Å². The number of aromatic hydroxyl groups is 1. The van der Waals surface area contributed by atoms with E-state index < -0.39 is 0 Å². The molecule has 0 radical (unpaired) electrons. The van der Waals surface area contributed by atoms with Crippen LogP contribution in [0.2, 0.25) is 0 Å². The van der Waals surface area contributed by atoms with Crippen LogP contribution < -0.4 is 4.90 Å². The minimum atomic E-state index is 0.00528. The third-order valence-corrected chi connectivity index (χ3v) is 3.78. The third-order valence-electron chi connectivity index (χ3n) is 3.78. The highest BCUT2D eigenvalue weighted by atomic mass is 16.5. The van der Waals surface area contributed by atoms with Crippen LogP contribution in [0, 0.1) is 0 Å². The van der Waals surface area contributed by atoms with Gasteiger partial charge in [-0.15, -0.1) is 0 Å². The Bertz CT molecular complexity index is 696. The van der Waals surface area contributed by atoms with Gasteiger partial charge < -0.3 is 14.7 Å². The maximum Gasteiger partial charge on any atom is 0.252 e. The molecule has 0 saturated carbocycles. The van der Waals surface area contributed by atoms with Gasteiger partial charge in [-0.3, -0.25) is 4.79 Å². The Morgan fingerprint density at radius 3 is 2.73 bits per heavy atom. The molecule has 0 atom stereocenters. The summed E-state index contributed by atoms with van der Waals surface area (Å²) < 4.78 is 5.48. The SMILES string of the molecule is CCCN1C(=O)COCc2cc(-c3cccc(O)c3)ccc21. The Morgan fingerprint density at radius 1 is 1.14 bits per heavy atom. The fraction of sp³-hybridized carbons (Fsp3) is 0.278. The molecule has 22 heavy (non-hydrogen) atoms. The first-order valence-electron chi connectivity index (χ1n) is 7.49. The predicted molar refractivity (Wildman–Crippen MR) is 85.8 cm³/mol. The van der Waals surface area contributed by atoms with Crippen molar-refractivity contribution in [2.24, 2.45) is 0 Å². The van der Waals surface area contributed by atoms with Crippen molar-refractivity contribution < 1.29 is 14.6 Å². The normalized spacial score (nSPS) is 14.6. The smallest absolute Gasteiger partial charge is 0.252 e. The summed E-state index contributed by atoms with van der Waals surface area (Å²) in [6.07, 6.45) is 0.902. The molecule has 4 heteroatoms. The van der Waals surface area contributed by atoms with Crippen molar-refractivity contribution in [2.45, 2.75) is 20.0 Å². The van der Waals surface area contributed by atoms with Crippen LogP contribution in [-0.2, 0) is 16.1 Å². The van der Waals surface area contributed by atoms with Gasteiger partial charge in [0, 0.05) is 17.8 Å². The molecule has 0 unspecified atom stereocenters. The molecule has 114 valence electrons. The minimum absolute atomic E-state index is 0.00528. The Labute approximate surface area is 130 Å². The van der Waals surface area contributed by atoms with E-state index in [1.165, 1.54) is 0 Å². The van der Waals surface area contributed by atoms with Crippen LogP contribution in [0.5, 0.6) is 5.75 Å². The van der Waals surface area contributed by atoms with Crippen LogP contribution in [-0.4, -0.2) is 24.2 Å². The zero-order chi connectivity index (χ0) is 15.5. The summed E-state index contributed by atoms with van der Waals surface area (Å²) in [4.78, 5) is 13.9. The number of phenols is 1. The number of anilines is 1. The van der Waals surface area contributed by atoms with Gasteiger partial charge in [-0.05, 0) is 41.8 Å². The summed E-state index contributed by atoms with van der Waals surface area (Å²) in [6, 6.07) is 13.1. The molecule has 0 bridgehead atoms. The molecule has 1 amide bonds. The molecule has 2 aromatic carbocycles. The summed E-state index contributed by atoms with van der Waals surface area (Å²) in [7, 11) is 0. The van der Waals surface area contributed by atoms with Crippen molar-refractivity contribution in [3.8, 4) is 16.9 Å². The topological polar surface area (TPSA) is 49.8 Å². The van der Waals surface area contributed by atoms with E-state index in [1.807, 2.05) is 30.3 Å². The van der Waals surface area contributed by atoms with Gasteiger partial charge in [0.2, 0.25) is 0 Å². The molecule has 2 aromatic rings. The van der Waals surface area contributed by atoms with Crippen LogP contribution in [0.25, 0.3) is 11.1 Å². The van der Waals surface area contributed by atoms with Crippen LogP contribution in [0.3, 0.4) is 0 Å². The highest BCUT2D eigenvalue weighted by molar-refractivity contribution is 5.96. The van der Waals surface area contributed by atoms with Crippen molar-refractivity contribution in [3.63, 3.8) is 0 Å². The number of carbonyl (C=O) groups excluding carboxylic acids is 1. The molecule has 4 nitrogen and oxygen atoms in total. The first-order valence-corrected chi connectivity index (χ1v) is 7.49. The van der Waals surface area contributed by atoms with Crippen molar-refractivity contribution in [3.05, 3.63) is 48.0 Å². The lowest BCUT2D eigenvalue weighted by molar-refractivity contribution is -0.123. The number of benzene rings is 2. The maximum atomic E-state index is 12.1. The molecule has 1 heterocycles. The summed E-state index contributed by atoms with van der Waals surface area (Å²) in [5, 5.41) is 9.63. The van der Waals surface area contributed by atoms with Crippen LogP contribution in [0.1, 0.15) is 18.9 Å². The molecule has 1 N–H and O–H groups in total. The van der Waals surface area contributed by atoms with E-state index in [0.717, 1.165) is 28.8 Å². The Hall–Kier alpha value is -2.33.